The van der Waals surface area contributed by atoms with Gasteiger partial charge in [0.15, 0.2) is 0 Å². The Kier molecular flexibility index (Phi) is 6.96. The Labute approximate surface area is 161 Å². The van der Waals surface area contributed by atoms with Crippen molar-refractivity contribution >= 4 is 5.91 Å². The maximum Gasteiger partial charge on any atom is 0.223 e. The van der Waals surface area contributed by atoms with E-state index in [1.54, 1.807) is 17.3 Å². The number of aromatic nitrogens is 1. The third-order valence-corrected chi connectivity index (χ3v) is 5.35. The number of rotatable bonds is 7. The Morgan fingerprint density at radius 1 is 1.19 bits per heavy atom. The molecule has 1 aliphatic heterocycles. The van der Waals surface area contributed by atoms with Crippen molar-refractivity contribution in [2.45, 2.75) is 31.9 Å². The molecule has 0 aliphatic carbocycles. The number of hydrogen-bond donors (Lipinski definition) is 1. The zero-order valence-corrected chi connectivity index (χ0v) is 16.0. The summed E-state index contributed by atoms with van der Waals surface area (Å²) in [6.45, 7) is 2.90. The van der Waals surface area contributed by atoms with Gasteiger partial charge in [-0.25, -0.2) is 0 Å². The molecule has 0 radical (unpaired) electrons. The minimum Gasteiger partial charge on any atom is -0.387 e. The van der Waals surface area contributed by atoms with Crippen LogP contribution < -0.4 is 0 Å². The number of carbonyl (C=O) groups is 1. The lowest BCUT2D eigenvalue weighted by atomic mass is 9.93. The third kappa shape index (κ3) is 5.88. The number of aliphatic hydroxyl groups is 1. The van der Waals surface area contributed by atoms with Gasteiger partial charge in [0.2, 0.25) is 5.91 Å². The van der Waals surface area contributed by atoms with Gasteiger partial charge in [0.1, 0.15) is 0 Å². The van der Waals surface area contributed by atoms with Gasteiger partial charge in [-0.05, 0) is 62.2 Å². The zero-order valence-electron chi connectivity index (χ0n) is 16.0. The molecule has 0 unspecified atom stereocenters. The predicted molar refractivity (Wildman–Crippen MR) is 106 cm³/mol. The highest BCUT2D eigenvalue weighted by Crippen LogP contribution is 2.22. The summed E-state index contributed by atoms with van der Waals surface area (Å²) in [4.78, 5) is 21.2. The molecule has 144 valence electrons. The second-order valence-corrected chi connectivity index (χ2v) is 7.51. The van der Waals surface area contributed by atoms with Crippen molar-refractivity contribution in [1.29, 1.82) is 0 Å². The van der Waals surface area contributed by atoms with Crippen molar-refractivity contribution in [1.82, 2.24) is 14.8 Å². The van der Waals surface area contributed by atoms with Crippen LogP contribution in [-0.4, -0.2) is 52.5 Å². The maximum absolute atomic E-state index is 13.0. The molecule has 1 amide bonds. The quantitative estimate of drug-likeness (QED) is 0.818. The van der Waals surface area contributed by atoms with Gasteiger partial charge in [0.05, 0.1) is 12.6 Å². The fourth-order valence-electron chi connectivity index (χ4n) is 3.59. The molecule has 5 nitrogen and oxygen atoms in total. The summed E-state index contributed by atoms with van der Waals surface area (Å²) >= 11 is 0. The molecule has 0 spiro atoms. The summed E-state index contributed by atoms with van der Waals surface area (Å²) in [5.41, 5.74) is 1.87. The first-order valence-electron chi connectivity index (χ1n) is 9.70. The molecule has 1 N–H and O–H groups in total. The molecule has 1 fully saturated rings. The fraction of sp³-hybridized carbons (Fsp3) is 0.455. The number of hydrogen-bond acceptors (Lipinski definition) is 4. The first kappa shape index (κ1) is 19.5. The van der Waals surface area contributed by atoms with Gasteiger partial charge in [0, 0.05) is 25.4 Å². The lowest BCUT2D eigenvalue weighted by Crippen LogP contribution is -2.37. The molecule has 1 saturated heterocycles. The van der Waals surface area contributed by atoms with Crippen molar-refractivity contribution in [3.05, 3.63) is 66.0 Å². The van der Waals surface area contributed by atoms with Crippen LogP contribution in [0.5, 0.6) is 0 Å². The average molecular weight is 367 g/mol. The maximum atomic E-state index is 13.0. The van der Waals surface area contributed by atoms with E-state index < -0.39 is 6.10 Å². The van der Waals surface area contributed by atoms with E-state index in [-0.39, 0.29) is 5.91 Å². The van der Waals surface area contributed by atoms with Crippen LogP contribution in [0.1, 0.15) is 36.5 Å². The summed E-state index contributed by atoms with van der Waals surface area (Å²) < 4.78 is 0. The van der Waals surface area contributed by atoms with E-state index in [1.165, 1.54) is 0 Å². The van der Waals surface area contributed by atoms with E-state index in [0.29, 0.717) is 25.4 Å². The molecule has 0 saturated carbocycles. The molecule has 3 rings (SSSR count). The van der Waals surface area contributed by atoms with Gasteiger partial charge in [-0.15, -0.1) is 0 Å². The summed E-state index contributed by atoms with van der Waals surface area (Å²) in [6, 6.07) is 13.4. The SMILES string of the molecule is CN1CCC(CC(=O)N(Cc2ccncc2)C[C@@H](O)c2ccccc2)CC1. The monoisotopic (exact) mass is 367 g/mol. The molecule has 1 aromatic heterocycles. The van der Waals surface area contributed by atoms with Gasteiger partial charge < -0.3 is 14.9 Å². The molecule has 1 atom stereocenters. The number of pyridine rings is 1. The van der Waals surface area contributed by atoms with Gasteiger partial charge in [-0.3, -0.25) is 9.78 Å². The number of nitrogens with zero attached hydrogens (tertiary/aromatic N) is 3. The average Bonchev–Trinajstić information content (AvgIpc) is 2.70. The molecular formula is C22H29N3O2. The highest BCUT2D eigenvalue weighted by Gasteiger charge is 2.24. The standard InChI is InChI=1S/C22H29N3O2/c1-24-13-9-18(10-14-24)15-22(27)25(16-19-7-11-23-12-8-19)17-21(26)20-5-3-2-4-6-20/h2-8,11-12,18,21,26H,9-10,13-17H2,1H3/t21-/m1/s1. The zero-order chi connectivity index (χ0) is 19.1. The number of likely N-dealkylation sites (tertiary alicyclic amines) is 1. The predicted octanol–water partition coefficient (Wildman–Crippen LogP) is 2.88. The van der Waals surface area contributed by atoms with Crippen LogP contribution in [0.2, 0.25) is 0 Å². The Hall–Kier alpha value is -2.24. The molecular weight excluding hydrogens is 338 g/mol. The van der Waals surface area contributed by atoms with E-state index in [4.69, 9.17) is 0 Å². The molecule has 2 heterocycles. The van der Waals surface area contributed by atoms with E-state index in [9.17, 15) is 9.90 Å². The van der Waals surface area contributed by atoms with Crippen molar-refractivity contribution in [2.24, 2.45) is 5.92 Å². The Morgan fingerprint density at radius 2 is 1.85 bits per heavy atom. The summed E-state index contributed by atoms with van der Waals surface area (Å²) in [6.07, 6.45) is 5.47. The molecule has 27 heavy (non-hydrogen) atoms. The molecule has 1 aliphatic rings. The third-order valence-electron chi connectivity index (χ3n) is 5.35. The lowest BCUT2D eigenvalue weighted by Gasteiger charge is -2.31. The highest BCUT2D eigenvalue weighted by molar-refractivity contribution is 5.76. The Balaban J connectivity index is 1.67. The van der Waals surface area contributed by atoms with Crippen molar-refractivity contribution in [2.75, 3.05) is 26.7 Å². The van der Waals surface area contributed by atoms with Gasteiger partial charge in [-0.2, -0.15) is 0 Å². The normalized spacial score (nSPS) is 16.8. The highest BCUT2D eigenvalue weighted by atomic mass is 16.3. The molecule has 5 heteroatoms. The van der Waals surface area contributed by atoms with E-state index in [0.717, 1.165) is 37.1 Å². The smallest absolute Gasteiger partial charge is 0.223 e. The largest absolute Gasteiger partial charge is 0.387 e. The summed E-state index contributed by atoms with van der Waals surface area (Å²) in [5.74, 6) is 0.554. The molecule has 1 aromatic carbocycles. The number of piperidine rings is 1. The van der Waals surface area contributed by atoms with Crippen LogP contribution in [0.4, 0.5) is 0 Å². The number of aliphatic hydroxyl groups excluding tert-OH is 1. The van der Waals surface area contributed by atoms with Crippen LogP contribution in [0.25, 0.3) is 0 Å². The Bertz CT molecular complexity index is 700. The van der Waals surface area contributed by atoms with Crippen molar-refractivity contribution < 1.29 is 9.90 Å². The number of amides is 1. The summed E-state index contributed by atoms with van der Waals surface area (Å²) in [5, 5.41) is 10.6. The van der Waals surface area contributed by atoms with Crippen LogP contribution >= 0.6 is 0 Å². The van der Waals surface area contributed by atoms with Gasteiger partial charge in [0.25, 0.3) is 0 Å². The van der Waals surface area contributed by atoms with Gasteiger partial charge in [-0.1, -0.05) is 30.3 Å². The van der Waals surface area contributed by atoms with E-state index in [1.807, 2.05) is 42.5 Å². The molecule has 0 bridgehead atoms. The second kappa shape index (κ2) is 9.62. The topological polar surface area (TPSA) is 56.7 Å². The first-order valence-corrected chi connectivity index (χ1v) is 9.70. The fourth-order valence-corrected chi connectivity index (χ4v) is 3.59. The number of carbonyl (C=O) groups excluding carboxylic acids is 1. The Morgan fingerprint density at radius 3 is 2.52 bits per heavy atom. The first-order chi connectivity index (χ1) is 13.1. The van der Waals surface area contributed by atoms with Crippen molar-refractivity contribution in [3.8, 4) is 0 Å². The minimum atomic E-state index is -0.686. The van der Waals surface area contributed by atoms with Crippen LogP contribution in [0.3, 0.4) is 0 Å². The van der Waals surface area contributed by atoms with Crippen LogP contribution in [-0.2, 0) is 11.3 Å². The number of benzene rings is 1. The lowest BCUT2D eigenvalue weighted by molar-refractivity contribution is -0.134. The molecule has 2 aromatic rings. The summed E-state index contributed by atoms with van der Waals surface area (Å²) in [7, 11) is 2.13. The van der Waals surface area contributed by atoms with Gasteiger partial charge >= 0.3 is 0 Å². The van der Waals surface area contributed by atoms with E-state index >= 15 is 0 Å². The van der Waals surface area contributed by atoms with Crippen LogP contribution in [0, 0.1) is 5.92 Å². The van der Waals surface area contributed by atoms with Crippen LogP contribution in [0.15, 0.2) is 54.9 Å². The second-order valence-electron chi connectivity index (χ2n) is 7.51. The minimum absolute atomic E-state index is 0.122. The van der Waals surface area contributed by atoms with E-state index in [2.05, 4.69) is 16.9 Å². The van der Waals surface area contributed by atoms with Crippen molar-refractivity contribution in [3.63, 3.8) is 0 Å².